The zero-order valence-corrected chi connectivity index (χ0v) is 12.7. The van der Waals surface area contributed by atoms with Gasteiger partial charge in [0, 0.05) is 16.9 Å². The van der Waals surface area contributed by atoms with Crippen LogP contribution < -0.4 is 11.3 Å². The molecule has 3 N–H and O–H groups in total. The first kappa shape index (κ1) is 14.9. The number of halogens is 4. The van der Waals surface area contributed by atoms with Crippen LogP contribution in [0.15, 0.2) is 28.1 Å². The lowest BCUT2D eigenvalue weighted by Gasteiger charge is -2.16. The second-order valence-electron chi connectivity index (χ2n) is 3.92. The highest BCUT2D eigenvalue weighted by molar-refractivity contribution is 9.11. The van der Waals surface area contributed by atoms with Gasteiger partial charge in [-0.3, -0.25) is 11.3 Å². The number of nitrogens with two attached hydrogens (primary N) is 1. The standard InChI is InChI=1S/C12H10BrClF2N2S/c13-12-2-1-6(19-12)3-11(18-17)7-4-10(16)8(14)5-9(7)15/h1-2,4-5,11,18H,3,17H2. The van der Waals surface area contributed by atoms with Crippen molar-refractivity contribution in [3.05, 3.63) is 55.1 Å². The molecule has 2 nitrogen and oxygen atoms in total. The second-order valence-corrected chi connectivity index (χ2v) is 6.87. The minimum Gasteiger partial charge on any atom is -0.271 e. The Hall–Kier alpha value is -0.530. The molecule has 0 spiro atoms. The van der Waals surface area contributed by atoms with Crippen LogP contribution in [0.5, 0.6) is 0 Å². The predicted octanol–water partition coefficient (Wildman–Crippen LogP) is 4.19. The highest BCUT2D eigenvalue weighted by Gasteiger charge is 2.18. The van der Waals surface area contributed by atoms with Gasteiger partial charge in [0.25, 0.3) is 0 Å². The number of hydrogen-bond donors (Lipinski definition) is 2. The van der Waals surface area contributed by atoms with Crippen LogP contribution in [0, 0.1) is 11.6 Å². The van der Waals surface area contributed by atoms with E-state index in [0.29, 0.717) is 6.42 Å². The van der Waals surface area contributed by atoms with E-state index in [4.69, 9.17) is 17.4 Å². The summed E-state index contributed by atoms with van der Waals surface area (Å²) in [6.45, 7) is 0. The van der Waals surface area contributed by atoms with Gasteiger partial charge in [0.1, 0.15) is 11.6 Å². The molecule has 1 heterocycles. The Kier molecular flexibility index (Phi) is 4.92. The molecule has 2 aromatic rings. The maximum atomic E-state index is 13.8. The number of thiophene rings is 1. The lowest BCUT2D eigenvalue weighted by atomic mass is 10.0. The largest absolute Gasteiger partial charge is 0.271 e. The average molecular weight is 368 g/mol. The van der Waals surface area contributed by atoms with Crippen molar-refractivity contribution in [1.29, 1.82) is 0 Å². The van der Waals surface area contributed by atoms with E-state index < -0.39 is 17.7 Å². The Balaban J connectivity index is 2.29. The minimum absolute atomic E-state index is 0.161. The maximum absolute atomic E-state index is 13.8. The number of hydrogen-bond acceptors (Lipinski definition) is 3. The van der Waals surface area contributed by atoms with Crippen LogP contribution in [-0.4, -0.2) is 0 Å². The molecule has 19 heavy (non-hydrogen) atoms. The first-order chi connectivity index (χ1) is 9.01. The van der Waals surface area contributed by atoms with Crippen molar-refractivity contribution in [2.24, 2.45) is 5.84 Å². The molecule has 0 bridgehead atoms. The van der Waals surface area contributed by atoms with Gasteiger partial charge in [0.05, 0.1) is 14.9 Å². The van der Waals surface area contributed by atoms with Gasteiger partial charge < -0.3 is 0 Å². The van der Waals surface area contributed by atoms with E-state index >= 15 is 0 Å². The van der Waals surface area contributed by atoms with Gasteiger partial charge in [-0.2, -0.15) is 0 Å². The monoisotopic (exact) mass is 366 g/mol. The molecule has 0 aliphatic carbocycles. The molecule has 7 heteroatoms. The van der Waals surface area contributed by atoms with Crippen LogP contribution in [0.3, 0.4) is 0 Å². The van der Waals surface area contributed by atoms with Crippen molar-refractivity contribution in [2.75, 3.05) is 0 Å². The SMILES string of the molecule is NNC(Cc1ccc(Br)s1)c1cc(F)c(Cl)cc1F. The van der Waals surface area contributed by atoms with Crippen molar-refractivity contribution in [2.45, 2.75) is 12.5 Å². The van der Waals surface area contributed by atoms with E-state index in [9.17, 15) is 8.78 Å². The third-order valence-corrected chi connectivity index (χ3v) is 4.59. The maximum Gasteiger partial charge on any atom is 0.142 e. The van der Waals surface area contributed by atoms with Gasteiger partial charge >= 0.3 is 0 Å². The molecule has 1 unspecified atom stereocenters. The third kappa shape index (κ3) is 3.52. The summed E-state index contributed by atoms with van der Waals surface area (Å²) in [5.41, 5.74) is 2.67. The highest BCUT2D eigenvalue weighted by atomic mass is 79.9. The summed E-state index contributed by atoms with van der Waals surface area (Å²) in [6, 6.07) is 5.32. The molecule has 0 amide bonds. The van der Waals surface area contributed by atoms with Gasteiger partial charge in [-0.1, -0.05) is 11.6 Å². The van der Waals surface area contributed by atoms with Gasteiger partial charge in [-0.15, -0.1) is 11.3 Å². The van der Waals surface area contributed by atoms with E-state index in [0.717, 1.165) is 20.8 Å². The third-order valence-electron chi connectivity index (χ3n) is 2.65. The summed E-state index contributed by atoms with van der Waals surface area (Å²) in [5, 5.41) is -0.240. The fourth-order valence-corrected chi connectivity index (χ4v) is 3.41. The fourth-order valence-electron chi connectivity index (χ4n) is 1.73. The molecule has 1 atom stereocenters. The molecular weight excluding hydrogens is 358 g/mol. The summed E-state index contributed by atoms with van der Waals surface area (Å²) in [6.07, 6.45) is 0.463. The van der Waals surface area contributed by atoms with Gasteiger partial charge in [0.15, 0.2) is 0 Å². The number of rotatable bonds is 4. The molecule has 0 fully saturated rings. The van der Waals surface area contributed by atoms with E-state index in [1.165, 1.54) is 11.3 Å². The van der Waals surface area contributed by atoms with Crippen LogP contribution in [0.25, 0.3) is 0 Å². The van der Waals surface area contributed by atoms with Crippen molar-refractivity contribution < 1.29 is 8.78 Å². The molecule has 0 saturated heterocycles. The Bertz CT molecular complexity index is 591. The molecule has 0 radical (unpaired) electrons. The van der Waals surface area contributed by atoms with E-state index in [1.54, 1.807) is 0 Å². The van der Waals surface area contributed by atoms with Crippen molar-refractivity contribution in [1.82, 2.24) is 5.43 Å². The normalized spacial score (nSPS) is 12.7. The van der Waals surface area contributed by atoms with Crippen LogP contribution in [0.4, 0.5) is 8.78 Å². The quantitative estimate of drug-likeness (QED) is 0.483. The van der Waals surface area contributed by atoms with Crippen molar-refractivity contribution >= 4 is 38.9 Å². The number of benzene rings is 1. The van der Waals surface area contributed by atoms with E-state index in [1.807, 2.05) is 12.1 Å². The second kappa shape index (κ2) is 6.28. The molecule has 1 aromatic carbocycles. The van der Waals surface area contributed by atoms with Crippen LogP contribution >= 0.6 is 38.9 Å². The van der Waals surface area contributed by atoms with Gasteiger partial charge in [-0.05, 0) is 40.2 Å². The Morgan fingerprint density at radius 2 is 2.05 bits per heavy atom. The molecule has 0 aliphatic heterocycles. The minimum atomic E-state index is -0.661. The fraction of sp³-hybridized carbons (Fsp3) is 0.167. The first-order valence-electron chi connectivity index (χ1n) is 5.36. The topological polar surface area (TPSA) is 38.0 Å². The van der Waals surface area contributed by atoms with Crippen LogP contribution in [0.1, 0.15) is 16.5 Å². The Morgan fingerprint density at radius 1 is 1.32 bits per heavy atom. The van der Waals surface area contributed by atoms with Gasteiger partial charge in [-0.25, -0.2) is 8.78 Å². The Labute approximate surface area is 126 Å². The van der Waals surface area contributed by atoms with Gasteiger partial charge in [0.2, 0.25) is 0 Å². The lowest BCUT2D eigenvalue weighted by molar-refractivity contribution is 0.505. The van der Waals surface area contributed by atoms with Crippen LogP contribution in [-0.2, 0) is 6.42 Å². The van der Waals surface area contributed by atoms with Crippen molar-refractivity contribution in [3.63, 3.8) is 0 Å². The summed E-state index contributed by atoms with van der Waals surface area (Å²) < 4.78 is 28.2. The first-order valence-corrected chi connectivity index (χ1v) is 7.34. The summed E-state index contributed by atoms with van der Waals surface area (Å²) >= 11 is 10.4. The zero-order chi connectivity index (χ0) is 14.0. The summed E-state index contributed by atoms with van der Waals surface area (Å²) in [4.78, 5) is 1.00. The summed E-state index contributed by atoms with van der Waals surface area (Å²) in [7, 11) is 0. The van der Waals surface area contributed by atoms with E-state index in [-0.39, 0.29) is 10.6 Å². The zero-order valence-electron chi connectivity index (χ0n) is 9.59. The molecule has 102 valence electrons. The molecule has 1 aromatic heterocycles. The highest BCUT2D eigenvalue weighted by Crippen LogP contribution is 2.29. The number of nitrogens with one attached hydrogen (secondary N) is 1. The average Bonchev–Trinajstić information content (AvgIpc) is 2.77. The molecular formula is C12H10BrClF2N2S. The lowest BCUT2D eigenvalue weighted by Crippen LogP contribution is -2.30. The van der Waals surface area contributed by atoms with E-state index in [2.05, 4.69) is 21.4 Å². The summed E-state index contributed by atoms with van der Waals surface area (Å²) in [5.74, 6) is 4.20. The van der Waals surface area contributed by atoms with Crippen LogP contribution in [0.2, 0.25) is 5.02 Å². The Morgan fingerprint density at radius 3 is 2.63 bits per heavy atom. The molecule has 2 rings (SSSR count). The smallest absolute Gasteiger partial charge is 0.142 e. The predicted molar refractivity (Wildman–Crippen MR) is 77.2 cm³/mol. The van der Waals surface area contributed by atoms with Crippen molar-refractivity contribution in [3.8, 4) is 0 Å². The number of hydrazine groups is 1. The molecule has 0 aliphatic rings. The molecule has 0 saturated carbocycles.